The van der Waals surface area contributed by atoms with Gasteiger partial charge in [0.1, 0.15) is 11.9 Å². The summed E-state index contributed by atoms with van der Waals surface area (Å²) in [7, 11) is 3.71. The van der Waals surface area contributed by atoms with E-state index in [9.17, 15) is 0 Å². The van der Waals surface area contributed by atoms with E-state index in [2.05, 4.69) is 22.1 Å². The van der Waals surface area contributed by atoms with Gasteiger partial charge in [-0.2, -0.15) is 0 Å². The summed E-state index contributed by atoms with van der Waals surface area (Å²) in [5, 5.41) is 8.38. The third kappa shape index (κ3) is 4.18. The Labute approximate surface area is 147 Å². The Hall–Kier alpha value is -1.96. The van der Waals surface area contributed by atoms with Gasteiger partial charge in [0.05, 0.1) is 19.8 Å². The van der Waals surface area contributed by atoms with Crippen LogP contribution in [0.5, 0.6) is 5.75 Å². The second-order valence-corrected chi connectivity index (χ2v) is 6.27. The van der Waals surface area contributed by atoms with Gasteiger partial charge < -0.3 is 23.5 Å². The molecule has 1 aromatic carbocycles. The number of nitrogens with zero attached hydrogens (tertiary/aromatic N) is 3. The Morgan fingerprint density at radius 3 is 2.84 bits per heavy atom. The molecule has 0 N–H and O–H groups in total. The standard InChI is InChI=1S/C18H25N3O4/c1-5-23-11-14-8-13(6-7-15(14)22-4)17-19-20-18(25-17)16-10-21(3)9-12(2)24-16/h6-8,12,16H,5,9-11H2,1-4H3/t12-,16-/m1/s1. The Morgan fingerprint density at radius 2 is 2.12 bits per heavy atom. The number of morpholine rings is 1. The fraction of sp³-hybridized carbons (Fsp3) is 0.556. The quantitative estimate of drug-likeness (QED) is 0.795. The lowest BCUT2D eigenvalue weighted by Gasteiger charge is -2.32. The zero-order valence-corrected chi connectivity index (χ0v) is 15.2. The number of rotatable bonds is 6. The Kier molecular flexibility index (Phi) is 5.67. The van der Waals surface area contributed by atoms with Gasteiger partial charge in [0.2, 0.25) is 11.8 Å². The zero-order valence-electron chi connectivity index (χ0n) is 15.2. The van der Waals surface area contributed by atoms with Crippen LogP contribution in [0.2, 0.25) is 0 Å². The molecule has 0 spiro atoms. The molecule has 0 aliphatic carbocycles. The number of ether oxygens (including phenoxy) is 3. The lowest BCUT2D eigenvalue weighted by Crippen LogP contribution is -2.40. The first-order valence-electron chi connectivity index (χ1n) is 8.53. The predicted molar refractivity (Wildman–Crippen MR) is 92.4 cm³/mol. The van der Waals surface area contributed by atoms with Gasteiger partial charge in [-0.15, -0.1) is 10.2 Å². The number of hydrogen-bond acceptors (Lipinski definition) is 7. The van der Waals surface area contributed by atoms with Gasteiger partial charge in [-0.25, -0.2) is 0 Å². The molecule has 0 unspecified atom stereocenters. The minimum absolute atomic E-state index is 0.137. The largest absolute Gasteiger partial charge is 0.496 e. The molecule has 7 heteroatoms. The first kappa shape index (κ1) is 17.8. The van der Waals surface area contributed by atoms with Gasteiger partial charge in [-0.1, -0.05) is 0 Å². The average molecular weight is 347 g/mol. The Balaban J connectivity index is 1.82. The van der Waals surface area contributed by atoms with Gasteiger partial charge >= 0.3 is 0 Å². The summed E-state index contributed by atoms with van der Waals surface area (Å²) < 4.78 is 22.7. The van der Waals surface area contributed by atoms with E-state index in [0.29, 0.717) is 25.0 Å². The predicted octanol–water partition coefficient (Wildman–Crippen LogP) is 2.67. The lowest BCUT2D eigenvalue weighted by molar-refractivity contribution is -0.0821. The van der Waals surface area contributed by atoms with Crippen molar-refractivity contribution in [2.45, 2.75) is 32.7 Å². The average Bonchev–Trinajstić information content (AvgIpc) is 3.09. The molecule has 1 saturated heterocycles. The second-order valence-electron chi connectivity index (χ2n) is 6.27. The molecule has 3 rings (SSSR count). The normalized spacial score (nSPS) is 21.4. The first-order chi connectivity index (χ1) is 12.1. The molecule has 0 bridgehead atoms. The Morgan fingerprint density at radius 1 is 1.28 bits per heavy atom. The van der Waals surface area contributed by atoms with E-state index in [0.717, 1.165) is 30.0 Å². The molecule has 0 radical (unpaired) electrons. The summed E-state index contributed by atoms with van der Waals surface area (Å²) in [6, 6.07) is 5.75. The van der Waals surface area contributed by atoms with Crippen molar-refractivity contribution >= 4 is 0 Å². The smallest absolute Gasteiger partial charge is 0.247 e. The van der Waals surface area contributed by atoms with Crippen molar-refractivity contribution in [1.82, 2.24) is 15.1 Å². The van der Waals surface area contributed by atoms with Crippen LogP contribution < -0.4 is 4.74 Å². The summed E-state index contributed by atoms with van der Waals surface area (Å²) >= 11 is 0. The summed E-state index contributed by atoms with van der Waals surface area (Å²) in [5.74, 6) is 1.76. The van der Waals surface area contributed by atoms with E-state index in [1.165, 1.54) is 0 Å². The molecule has 2 atom stereocenters. The Bertz CT molecular complexity index is 693. The van der Waals surface area contributed by atoms with Crippen molar-refractivity contribution < 1.29 is 18.6 Å². The second kappa shape index (κ2) is 7.95. The van der Waals surface area contributed by atoms with Crippen LogP contribution in [-0.2, 0) is 16.1 Å². The third-order valence-electron chi connectivity index (χ3n) is 4.15. The van der Waals surface area contributed by atoms with Crippen LogP contribution in [0.4, 0.5) is 0 Å². The molecular formula is C18H25N3O4. The van der Waals surface area contributed by atoms with Crippen LogP contribution >= 0.6 is 0 Å². The highest BCUT2D eigenvalue weighted by Gasteiger charge is 2.28. The lowest BCUT2D eigenvalue weighted by atomic mass is 10.1. The van der Waals surface area contributed by atoms with Crippen molar-refractivity contribution in [3.05, 3.63) is 29.7 Å². The van der Waals surface area contributed by atoms with Gasteiger partial charge in [0, 0.05) is 30.8 Å². The highest BCUT2D eigenvalue weighted by molar-refractivity contribution is 5.57. The fourth-order valence-electron chi connectivity index (χ4n) is 3.02. The van der Waals surface area contributed by atoms with E-state index in [1.807, 2.05) is 32.0 Å². The topological polar surface area (TPSA) is 69.9 Å². The fourth-order valence-corrected chi connectivity index (χ4v) is 3.02. The molecule has 25 heavy (non-hydrogen) atoms. The van der Waals surface area contributed by atoms with E-state index < -0.39 is 0 Å². The van der Waals surface area contributed by atoms with Gasteiger partial charge in [0.25, 0.3) is 0 Å². The molecule has 2 heterocycles. The maximum absolute atomic E-state index is 5.93. The summed E-state index contributed by atoms with van der Waals surface area (Å²) in [6.45, 7) is 6.76. The molecule has 1 fully saturated rings. The van der Waals surface area contributed by atoms with E-state index in [4.69, 9.17) is 18.6 Å². The van der Waals surface area contributed by atoms with Gasteiger partial charge in [-0.05, 0) is 39.1 Å². The minimum Gasteiger partial charge on any atom is -0.496 e. The monoisotopic (exact) mass is 347 g/mol. The molecule has 7 nitrogen and oxygen atoms in total. The van der Waals surface area contributed by atoms with Crippen LogP contribution in [0.3, 0.4) is 0 Å². The molecule has 0 amide bonds. The highest BCUT2D eigenvalue weighted by atomic mass is 16.5. The number of methoxy groups -OCH3 is 1. The van der Waals surface area contributed by atoms with Crippen LogP contribution in [0.15, 0.2) is 22.6 Å². The van der Waals surface area contributed by atoms with Crippen LogP contribution in [0, 0.1) is 0 Å². The SMILES string of the molecule is CCOCc1cc(-c2nnc([C@H]3CN(C)C[C@@H](C)O3)o2)ccc1OC. The van der Waals surface area contributed by atoms with Gasteiger partial charge in [-0.3, -0.25) is 0 Å². The van der Waals surface area contributed by atoms with E-state index in [-0.39, 0.29) is 12.2 Å². The molecule has 1 aromatic heterocycles. The van der Waals surface area contributed by atoms with Crippen molar-refractivity contribution in [3.8, 4) is 17.2 Å². The number of benzene rings is 1. The maximum atomic E-state index is 5.93. The van der Waals surface area contributed by atoms with E-state index >= 15 is 0 Å². The van der Waals surface area contributed by atoms with Crippen molar-refractivity contribution in [3.63, 3.8) is 0 Å². The summed E-state index contributed by atoms with van der Waals surface area (Å²) in [4.78, 5) is 2.20. The third-order valence-corrected chi connectivity index (χ3v) is 4.15. The van der Waals surface area contributed by atoms with Crippen LogP contribution in [-0.4, -0.2) is 55.1 Å². The van der Waals surface area contributed by atoms with Crippen molar-refractivity contribution in [2.24, 2.45) is 0 Å². The number of likely N-dealkylation sites (N-methyl/N-ethyl adjacent to an activating group) is 1. The summed E-state index contributed by atoms with van der Waals surface area (Å²) in [6.07, 6.45) is -0.0611. The molecule has 1 aliphatic heterocycles. The van der Waals surface area contributed by atoms with Crippen molar-refractivity contribution in [2.75, 3.05) is 33.9 Å². The first-order valence-corrected chi connectivity index (χ1v) is 8.53. The molecule has 136 valence electrons. The zero-order chi connectivity index (χ0) is 17.8. The van der Waals surface area contributed by atoms with E-state index in [1.54, 1.807) is 7.11 Å². The summed E-state index contributed by atoms with van der Waals surface area (Å²) in [5.41, 5.74) is 1.79. The number of aromatic nitrogens is 2. The molecule has 2 aromatic rings. The number of hydrogen-bond donors (Lipinski definition) is 0. The minimum atomic E-state index is -0.198. The maximum Gasteiger partial charge on any atom is 0.247 e. The van der Waals surface area contributed by atoms with Crippen molar-refractivity contribution in [1.29, 1.82) is 0 Å². The molecule has 1 aliphatic rings. The van der Waals surface area contributed by atoms with Gasteiger partial charge in [0.15, 0.2) is 0 Å². The molecular weight excluding hydrogens is 322 g/mol. The highest BCUT2D eigenvalue weighted by Crippen LogP contribution is 2.29. The van der Waals surface area contributed by atoms with Crippen LogP contribution in [0.1, 0.15) is 31.4 Å². The molecule has 0 saturated carbocycles. The van der Waals surface area contributed by atoms with Crippen LogP contribution in [0.25, 0.3) is 11.5 Å².